The van der Waals surface area contributed by atoms with E-state index in [0.29, 0.717) is 0 Å². The smallest absolute Gasteiger partial charge is 0.0342 e. The Hall–Kier alpha value is -1.08. The molecule has 0 spiro atoms. The number of hydrogen-bond donors (Lipinski definition) is 0. The van der Waals surface area contributed by atoms with Gasteiger partial charge in [0, 0.05) is 4.88 Å². The van der Waals surface area contributed by atoms with Gasteiger partial charge < -0.3 is 0 Å². The third-order valence-electron chi connectivity index (χ3n) is 4.58. The van der Waals surface area contributed by atoms with Crippen molar-refractivity contribution in [3.8, 4) is 10.4 Å². The molecule has 0 amide bonds. The van der Waals surface area contributed by atoms with Gasteiger partial charge in [0.05, 0.1) is 0 Å². The molecule has 126 valence electrons. The fourth-order valence-electron chi connectivity index (χ4n) is 3.10. The number of hydrogen-bond acceptors (Lipinski definition) is 1. The van der Waals surface area contributed by atoms with E-state index in [4.69, 9.17) is 0 Å². The molecule has 1 heterocycles. The predicted octanol–water partition coefficient (Wildman–Crippen LogP) is 7.88. The lowest BCUT2D eigenvalue weighted by atomic mass is 10.0. The Bertz CT molecular complexity index is 495. The van der Waals surface area contributed by atoms with E-state index >= 15 is 0 Å². The van der Waals surface area contributed by atoms with Crippen LogP contribution in [0.25, 0.3) is 10.4 Å². The number of benzene rings is 1. The van der Waals surface area contributed by atoms with Crippen LogP contribution >= 0.6 is 11.3 Å². The van der Waals surface area contributed by atoms with Crippen molar-refractivity contribution in [1.29, 1.82) is 0 Å². The summed E-state index contributed by atoms with van der Waals surface area (Å²) in [5.74, 6) is 0. The summed E-state index contributed by atoms with van der Waals surface area (Å²) in [6.45, 7) is 2.29. The Labute approximate surface area is 147 Å². The molecule has 0 aliphatic rings. The van der Waals surface area contributed by atoms with Crippen molar-refractivity contribution >= 4 is 11.3 Å². The minimum absolute atomic E-state index is 1.24. The average molecular weight is 329 g/mol. The van der Waals surface area contributed by atoms with E-state index in [0.717, 1.165) is 0 Å². The van der Waals surface area contributed by atoms with Crippen molar-refractivity contribution in [3.63, 3.8) is 0 Å². The molecule has 23 heavy (non-hydrogen) atoms. The Morgan fingerprint density at radius 1 is 0.696 bits per heavy atom. The molecule has 0 saturated carbocycles. The third kappa shape index (κ3) is 7.35. The highest BCUT2D eigenvalue weighted by Crippen LogP contribution is 2.25. The van der Waals surface area contributed by atoms with Crippen LogP contribution in [0.1, 0.15) is 76.7 Å². The highest BCUT2D eigenvalue weighted by Gasteiger charge is 1.99. The van der Waals surface area contributed by atoms with Gasteiger partial charge in [-0.25, -0.2) is 0 Å². The maximum Gasteiger partial charge on any atom is 0.0342 e. The van der Waals surface area contributed by atoms with Gasteiger partial charge in [0.25, 0.3) is 0 Å². The number of aryl methyl sites for hydroxylation is 1. The molecule has 0 N–H and O–H groups in total. The van der Waals surface area contributed by atoms with Gasteiger partial charge in [-0.05, 0) is 35.4 Å². The van der Waals surface area contributed by atoms with Gasteiger partial charge in [0.15, 0.2) is 0 Å². The van der Waals surface area contributed by atoms with Crippen LogP contribution in [0.15, 0.2) is 41.8 Å². The quantitative estimate of drug-likeness (QED) is 0.348. The van der Waals surface area contributed by atoms with Gasteiger partial charge in [0.2, 0.25) is 0 Å². The van der Waals surface area contributed by atoms with Crippen molar-refractivity contribution < 1.29 is 0 Å². The Balaban J connectivity index is 1.51. The van der Waals surface area contributed by atoms with E-state index in [1.165, 1.54) is 86.6 Å². The molecule has 1 aromatic carbocycles. The Morgan fingerprint density at radius 2 is 1.30 bits per heavy atom. The molecule has 1 heteroatoms. The van der Waals surface area contributed by atoms with E-state index in [9.17, 15) is 0 Å². The number of thiophene rings is 1. The lowest BCUT2D eigenvalue weighted by molar-refractivity contribution is 0.556. The number of rotatable bonds is 12. The van der Waals surface area contributed by atoms with E-state index < -0.39 is 0 Å². The van der Waals surface area contributed by atoms with Crippen molar-refractivity contribution in [2.24, 2.45) is 0 Å². The first-order valence-corrected chi connectivity index (χ1v) is 10.4. The number of unbranched alkanes of at least 4 members (excludes halogenated alkanes) is 9. The summed E-state index contributed by atoms with van der Waals surface area (Å²) in [4.78, 5) is 1.37. The average Bonchev–Trinajstić information content (AvgIpc) is 3.12. The summed E-state index contributed by atoms with van der Waals surface area (Å²) >= 11 is 1.82. The largest absolute Gasteiger partial charge is 0.144 e. The van der Waals surface area contributed by atoms with E-state index in [2.05, 4.69) is 48.7 Å². The molecule has 0 atom stereocenters. The lowest BCUT2D eigenvalue weighted by Gasteiger charge is -2.04. The zero-order valence-corrected chi connectivity index (χ0v) is 15.5. The van der Waals surface area contributed by atoms with Crippen LogP contribution in [0.2, 0.25) is 0 Å². The molecule has 0 bridgehead atoms. The van der Waals surface area contributed by atoms with Crippen LogP contribution in [0.3, 0.4) is 0 Å². The third-order valence-corrected chi connectivity index (χ3v) is 5.50. The predicted molar refractivity (Wildman–Crippen MR) is 105 cm³/mol. The molecule has 0 aliphatic carbocycles. The second-order valence-corrected chi connectivity index (χ2v) is 7.55. The van der Waals surface area contributed by atoms with Gasteiger partial charge >= 0.3 is 0 Å². The monoisotopic (exact) mass is 328 g/mol. The van der Waals surface area contributed by atoms with Crippen molar-refractivity contribution in [2.75, 3.05) is 0 Å². The summed E-state index contributed by atoms with van der Waals surface area (Å²) in [5, 5.41) is 2.15. The highest BCUT2D eigenvalue weighted by atomic mass is 32.1. The molecular weight excluding hydrogens is 296 g/mol. The zero-order valence-electron chi connectivity index (χ0n) is 14.7. The second kappa shape index (κ2) is 11.5. The minimum Gasteiger partial charge on any atom is -0.144 e. The van der Waals surface area contributed by atoms with Gasteiger partial charge in [-0.1, -0.05) is 95.0 Å². The molecule has 0 fully saturated rings. The summed E-state index contributed by atoms with van der Waals surface area (Å²) in [7, 11) is 0. The SMILES string of the molecule is CCCCCCCCCCCCc1ccc(-c2cccs2)cc1. The van der Waals surface area contributed by atoms with Crippen LogP contribution in [0.5, 0.6) is 0 Å². The molecule has 0 unspecified atom stereocenters. The van der Waals surface area contributed by atoms with E-state index in [1.807, 2.05) is 11.3 Å². The summed E-state index contributed by atoms with van der Waals surface area (Å²) < 4.78 is 0. The van der Waals surface area contributed by atoms with Crippen LogP contribution in [-0.2, 0) is 6.42 Å². The van der Waals surface area contributed by atoms with Gasteiger partial charge in [-0.15, -0.1) is 11.3 Å². The first-order chi connectivity index (χ1) is 11.4. The molecule has 0 radical (unpaired) electrons. The molecule has 0 saturated heterocycles. The summed E-state index contributed by atoms with van der Waals surface area (Å²) in [5.41, 5.74) is 2.84. The van der Waals surface area contributed by atoms with Gasteiger partial charge in [-0.2, -0.15) is 0 Å². The van der Waals surface area contributed by atoms with Crippen molar-refractivity contribution in [2.45, 2.75) is 77.6 Å². The molecular formula is C22H32S. The highest BCUT2D eigenvalue weighted by molar-refractivity contribution is 7.13. The summed E-state index contributed by atoms with van der Waals surface area (Å²) in [6, 6.07) is 13.5. The fraction of sp³-hybridized carbons (Fsp3) is 0.545. The van der Waals surface area contributed by atoms with Crippen LogP contribution in [-0.4, -0.2) is 0 Å². The minimum atomic E-state index is 1.24. The summed E-state index contributed by atoms with van der Waals surface area (Å²) in [6.07, 6.45) is 15.4. The molecule has 2 aromatic rings. The normalized spacial score (nSPS) is 11.0. The zero-order chi connectivity index (χ0) is 16.2. The van der Waals surface area contributed by atoms with E-state index in [-0.39, 0.29) is 0 Å². The Morgan fingerprint density at radius 3 is 1.87 bits per heavy atom. The van der Waals surface area contributed by atoms with Crippen LogP contribution < -0.4 is 0 Å². The van der Waals surface area contributed by atoms with Crippen molar-refractivity contribution in [1.82, 2.24) is 0 Å². The molecule has 1 aromatic heterocycles. The second-order valence-electron chi connectivity index (χ2n) is 6.61. The van der Waals surface area contributed by atoms with Gasteiger partial charge in [0.1, 0.15) is 0 Å². The lowest BCUT2D eigenvalue weighted by Crippen LogP contribution is -1.87. The van der Waals surface area contributed by atoms with Gasteiger partial charge in [-0.3, -0.25) is 0 Å². The van der Waals surface area contributed by atoms with Crippen molar-refractivity contribution in [3.05, 3.63) is 47.3 Å². The molecule has 0 nitrogen and oxygen atoms in total. The maximum atomic E-state index is 2.31. The first kappa shape index (κ1) is 18.3. The van der Waals surface area contributed by atoms with Crippen LogP contribution in [0, 0.1) is 0 Å². The molecule has 2 rings (SSSR count). The fourth-order valence-corrected chi connectivity index (χ4v) is 3.83. The Kier molecular flexibility index (Phi) is 9.09. The first-order valence-electron chi connectivity index (χ1n) is 9.53. The van der Waals surface area contributed by atoms with Crippen LogP contribution in [0.4, 0.5) is 0 Å². The maximum absolute atomic E-state index is 2.31. The van der Waals surface area contributed by atoms with E-state index in [1.54, 1.807) is 0 Å². The molecule has 0 aliphatic heterocycles. The standard InChI is InChI=1S/C22H32S/c1-2-3-4-5-6-7-8-9-10-11-13-20-15-17-21(18-16-20)22-14-12-19-23-22/h12,14-19H,2-11,13H2,1H3. The topological polar surface area (TPSA) is 0 Å².